The van der Waals surface area contributed by atoms with E-state index in [1.165, 1.54) is 22.5 Å². The molecule has 7 nitrogen and oxygen atoms in total. The van der Waals surface area contributed by atoms with Crippen LogP contribution < -0.4 is 21.6 Å². The minimum absolute atomic E-state index is 0.264. The monoisotopic (exact) mass is 296 g/mol. The lowest BCUT2D eigenvalue weighted by atomic mass is 10.1. The smallest absolute Gasteiger partial charge is 0.250 e. The zero-order chi connectivity index (χ0) is 14.7. The molecule has 1 unspecified atom stereocenters. The molecule has 1 atom stereocenters. The number of ether oxygens (including phenoxy) is 1. The average Bonchev–Trinajstić information content (AvgIpc) is 2.86. The van der Waals surface area contributed by atoms with Gasteiger partial charge in [-0.3, -0.25) is 14.9 Å². The highest BCUT2D eigenvalue weighted by atomic mass is 32.1. The van der Waals surface area contributed by atoms with Crippen molar-refractivity contribution >= 4 is 28.8 Å². The van der Waals surface area contributed by atoms with Crippen LogP contribution in [0, 0.1) is 0 Å². The van der Waals surface area contributed by atoms with Gasteiger partial charge in [-0.25, -0.2) is 5.84 Å². The van der Waals surface area contributed by atoms with Gasteiger partial charge in [0.25, 0.3) is 5.91 Å². The van der Waals surface area contributed by atoms with Crippen LogP contribution in [-0.4, -0.2) is 30.0 Å². The molecule has 2 amide bonds. The van der Waals surface area contributed by atoms with Gasteiger partial charge in [0.2, 0.25) is 5.91 Å². The topological polar surface area (TPSA) is 111 Å². The first kappa shape index (κ1) is 14.4. The van der Waals surface area contributed by atoms with Crippen LogP contribution in [-0.2, 0) is 9.59 Å². The first-order valence-electron chi connectivity index (χ1n) is 5.97. The molecule has 20 heavy (non-hydrogen) atoms. The SMILES string of the molecule is COc1cscc1/C(N)=C/N(N)C1CCC(=O)NC1=O. The molecule has 1 fully saturated rings. The number of carbonyl (C=O) groups is 2. The summed E-state index contributed by atoms with van der Waals surface area (Å²) in [5, 5.41) is 7.14. The summed E-state index contributed by atoms with van der Waals surface area (Å²) >= 11 is 1.45. The van der Waals surface area contributed by atoms with Gasteiger partial charge in [0.1, 0.15) is 11.8 Å². The third kappa shape index (κ3) is 2.91. The van der Waals surface area contributed by atoms with Crippen LogP contribution in [0.2, 0.25) is 0 Å². The molecule has 1 saturated heterocycles. The van der Waals surface area contributed by atoms with Crippen molar-refractivity contribution in [1.29, 1.82) is 0 Å². The van der Waals surface area contributed by atoms with Crippen molar-refractivity contribution in [1.82, 2.24) is 10.3 Å². The minimum Gasteiger partial charge on any atom is -0.495 e. The molecule has 5 N–H and O–H groups in total. The van der Waals surface area contributed by atoms with E-state index >= 15 is 0 Å². The zero-order valence-corrected chi connectivity index (χ0v) is 11.8. The number of carbonyl (C=O) groups excluding carboxylic acids is 2. The van der Waals surface area contributed by atoms with Crippen LogP contribution in [0.25, 0.3) is 5.70 Å². The van der Waals surface area contributed by atoms with Gasteiger partial charge in [-0.1, -0.05) is 0 Å². The number of imide groups is 1. The number of rotatable bonds is 4. The van der Waals surface area contributed by atoms with E-state index in [0.717, 1.165) is 5.56 Å². The summed E-state index contributed by atoms with van der Waals surface area (Å²) in [6.07, 6.45) is 2.11. The number of hydrazine groups is 1. The molecule has 2 rings (SSSR count). The Kier molecular flexibility index (Phi) is 4.26. The largest absolute Gasteiger partial charge is 0.495 e. The van der Waals surface area contributed by atoms with Crippen molar-refractivity contribution in [2.75, 3.05) is 7.11 Å². The van der Waals surface area contributed by atoms with Crippen molar-refractivity contribution in [3.05, 3.63) is 22.5 Å². The average molecular weight is 296 g/mol. The third-order valence-corrected chi connectivity index (χ3v) is 3.74. The van der Waals surface area contributed by atoms with Gasteiger partial charge < -0.3 is 15.5 Å². The Morgan fingerprint density at radius 3 is 2.95 bits per heavy atom. The number of nitrogens with two attached hydrogens (primary N) is 2. The summed E-state index contributed by atoms with van der Waals surface area (Å²) in [7, 11) is 1.55. The van der Waals surface area contributed by atoms with Crippen molar-refractivity contribution in [2.24, 2.45) is 11.6 Å². The van der Waals surface area contributed by atoms with E-state index in [4.69, 9.17) is 16.3 Å². The number of thiophene rings is 1. The van der Waals surface area contributed by atoms with E-state index < -0.39 is 11.9 Å². The van der Waals surface area contributed by atoms with E-state index in [1.807, 2.05) is 10.8 Å². The Hall–Kier alpha value is -2.06. The van der Waals surface area contributed by atoms with Crippen molar-refractivity contribution in [2.45, 2.75) is 18.9 Å². The second-order valence-corrected chi connectivity index (χ2v) is 5.10. The van der Waals surface area contributed by atoms with Crippen molar-refractivity contribution in [3.8, 4) is 5.75 Å². The highest BCUT2D eigenvalue weighted by Gasteiger charge is 2.29. The number of hydrogen-bond acceptors (Lipinski definition) is 7. The Morgan fingerprint density at radius 2 is 2.30 bits per heavy atom. The number of methoxy groups -OCH3 is 1. The lowest BCUT2D eigenvalue weighted by Gasteiger charge is -2.28. The highest BCUT2D eigenvalue weighted by Crippen LogP contribution is 2.27. The highest BCUT2D eigenvalue weighted by molar-refractivity contribution is 7.08. The fraction of sp³-hybridized carbons (Fsp3) is 0.333. The van der Waals surface area contributed by atoms with Crippen LogP contribution in [0.1, 0.15) is 18.4 Å². The molecule has 2 heterocycles. The standard InChI is InChI=1S/C12H16N4O3S/c1-19-10-6-20-5-7(10)8(13)4-16(14)9-2-3-11(17)15-12(9)18/h4-6,9H,2-3,13-14H2,1H3,(H,15,17,18)/b8-4-. The summed E-state index contributed by atoms with van der Waals surface area (Å²) in [6.45, 7) is 0. The Bertz CT molecular complexity index is 555. The lowest BCUT2D eigenvalue weighted by Crippen LogP contribution is -2.53. The van der Waals surface area contributed by atoms with E-state index in [1.54, 1.807) is 7.11 Å². The molecule has 0 saturated carbocycles. The molecular formula is C12H16N4O3S. The van der Waals surface area contributed by atoms with Crippen LogP contribution >= 0.6 is 11.3 Å². The number of hydrogen-bond donors (Lipinski definition) is 3. The molecule has 0 radical (unpaired) electrons. The number of piperidine rings is 1. The van der Waals surface area contributed by atoms with Crippen molar-refractivity contribution in [3.63, 3.8) is 0 Å². The molecule has 108 valence electrons. The molecule has 8 heteroatoms. The number of nitrogens with zero attached hydrogens (tertiary/aromatic N) is 1. The number of nitrogens with one attached hydrogen (secondary N) is 1. The summed E-state index contributed by atoms with van der Waals surface area (Å²) < 4.78 is 5.18. The maximum Gasteiger partial charge on any atom is 0.250 e. The predicted molar refractivity (Wildman–Crippen MR) is 75.2 cm³/mol. The maximum absolute atomic E-state index is 11.7. The zero-order valence-electron chi connectivity index (χ0n) is 11.0. The maximum atomic E-state index is 11.7. The van der Waals surface area contributed by atoms with E-state index in [9.17, 15) is 9.59 Å². The predicted octanol–water partition coefficient (Wildman–Crippen LogP) is -0.00530. The molecule has 1 aromatic rings. The fourth-order valence-electron chi connectivity index (χ4n) is 1.94. The van der Waals surface area contributed by atoms with Gasteiger partial charge in [-0.05, 0) is 6.42 Å². The molecule has 0 aliphatic carbocycles. The molecule has 1 aliphatic heterocycles. The van der Waals surface area contributed by atoms with Gasteiger partial charge >= 0.3 is 0 Å². The normalized spacial score (nSPS) is 19.7. The number of amides is 2. The summed E-state index contributed by atoms with van der Waals surface area (Å²) in [4.78, 5) is 22.8. The van der Waals surface area contributed by atoms with Crippen LogP contribution in [0.4, 0.5) is 0 Å². The van der Waals surface area contributed by atoms with E-state index in [2.05, 4.69) is 5.32 Å². The Balaban J connectivity index is 2.13. The van der Waals surface area contributed by atoms with E-state index in [-0.39, 0.29) is 12.3 Å². The molecule has 1 aliphatic rings. The lowest BCUT2D eigenvalue weighted by molar-refractivity contribution is -0.136. The molecule has 0 bridgehead atoms. The van der Waals surface area contributed by atoms with Gasteiger partial charge in [-0.2, -0.15) is 0 Å². The molecule has 0 aromatic carbocycles. The van der Waals surface area contributed by atoms with Gasteiger partial charge in [0.15, 0.2) is 0 Å². The van der Waals surface area contributed by atoms with Crippen molar-refractivity contribution < 1.29 is 14.3 Å². The summed E-state index contributed by atoms with van der Waals surface area (Å²) in [5.41, 5.74) is 7.08. The first-order chi connectivity index (χ1) is 9.52. The van der Waals surface area contributed by atoms with Crippen LogP contribution in [0.5, 0.6) is 5.75 Å². The molecule has 0 spiro atoms. The Labute approximate surface area is 120 Å². The van der Waals surface area contributed by atoms with Crippen LogP contribution in [0.15, 0.2) is 17.0 Å². The van der Waals surface area contributed by atoms with Crippen LogP contribution in [0.3, 0.4) is 0 Å². The quantitative estimate of drug-likeness (QED) is 0.409. The molecule has 1 aromatic heterocycles. The second-order valence-electron chi connectivity index (χ2n) is 4.35. The van der Waals surface area contributed by atoms with Gasteiger partial charge in [-0.15, -0.1) is 11.3 Å². The molecular weight excluding hydrogens is 280 g/mol. The second kappa shape index (κ2) is 5.93. The van der Waals surface area contributed by atoms with E-state index in [0.29, 0.717) is 17.9 Å². The third-order valence-electron chi connectivity index (χ3n) is 3.02. The fourth-order valence-corrected chi connectivity index (χ4v) is 2.74. The summed E-state index contributed by atoms with van der Waals surface area (Å²) in [5.74, 6) is 5.81. The van der Waals surface area contributed by atoms with Gasteiger partial charge in [0.05, 0.1) is 18.4 Å². The Morgan fingerprint density at radius 1 is 1.55 bits per heavy atom. The van der Waals surface area contributed by atoms with Gasteiger partial charge in [0, 0.05) is 23.4 Å². The summed E-state index contributed by atoms with van der Waals surface area (Å²) in [6, 6.07) is -0.601. The minimum atomic E-state index is -0.601. The first-order valence-corrected chi connectivity index (χ1v) is 6.91.